The third kappa shape index (κ3) is 4.36. The number of ether oxygens (including phenoxy) is 2. The molecule has 4 N–H and O–H groups in total. The first-order valence-electron chi connectivity index (χ1n) is 13.2. The Kier molecular flexibility index (Phi) is 6.54. The van der Waals surface area contributed by atoms with E-state index in [1.54, 1.807) is 26.0 Å². The number of nitrogens with one attached hydrogen (secondary N) is 1. The van der Waals surface area contributed by atoms with E-state index in [2.05, 4.69) is 10.3 Å². The zero-order valence-electron chi connectivity index (χ0n) is 22.2. The lowest BCUT2D eigenvalue weighted by Gasteiger charge is -2.42. The number of aliphatic hydroxyl groups is 1. The number of nitrogens with zero attached hydrogens (tertiary/aromatic N) is 3. The van der Waals surface area contributed by atoms with Crippen molar-refractivity contribution in [3.05, 3.63) is 53.3 Å². The maximum Gasteiger partial charge on any atom is 0.270 e. The van der Waals surface area contributed by atoms with Crippen LogP contribution in [0.1, 0.15) is 87.2 Å². The number of rotatable bonds is 5. The van der Waals surface area contributed by atoms with Crippen molar-refractivity contribution in [1.82, 2.24) is 15.2 Å². The van der Waals surface area contributed by atoms with Crippen molar-refractivity contribution in [3.63, 3.8) is 0 Å². The molecule has 5 rings (SSSR count). The number of fused-ring (bicyclic) bond motifs is 2. The molecule has 3 aliphatic rings. The van der Waals surface area contributed by atoms with Gasteiger partial charge in [0.25, 0.3) is 5.91 Å². The van der Waals surface area contributed by atoms with Crippen molar-refractivity contribution in [2.45, 2.75) is 82.7 Å². The summed E-state index contributed by atoms with van der Waals surface area (Å²) in [6.45, 7) is 7.95. The molecule has 4 heterocycles. The average Bonchev–Trinajstić information content (AvgIpc) is 2.90. The summed E-state index contributed by atoms with van der Waals surface area (Å²) in [5, 5.41) is 14.0. The van der Waals surface area contributed by atoms with Crippen molar-refractivity contribution in [2.24, 2.45) is 10.7 Å². The van der Waals surface area contributed by atoms with Gasteiger partial charge in [0, 0.05) is 12.0 Å². The molecule has 0 aliphatic carbocycles. The van der Waals surface area contributed by atoms with Gasteiger partial charge in [0.2, 0.25) is 5.91 Å². The number of pyridine rings is 1. The molecule has 10 heteroatoms. The molecular formula is C28H35N5O5. The fourth-order valence-electron chi connectivity index (χ4n) is 5.56. The summed E-state index contributed by atoms with van der Waals surface area (Å²) in [5.74, 6) is 0.701. The Morgan fingerprint density at radius 2 is 1.92 bits per heavy atom. The van der Waals surface area contributed by atoms with E-state index in [9.17, 15) is 14.7 Å². The van der Waals surface area contributed by atoms with Gasteiger partial charge in [-0.1, -0.05) is 32.0 Å². The molecule has 1 aromatic heterocycles. The number of para-hydroxylation sites is 1. The molecule has 38 heavy (non-hydrogen) atoms. The molecule has 0 bridgehead atoms. The van der Waals surface area contributed by atoms with Crippen molar-refractivity contribution in [3.8, 4) is 11.5 Å². The summed E-state index contributed by atoms with van der Waals surface area (Å²) in [6, 6.07) is 9.38. The third-order valence-electron chi connectivity index (χ3n) is 8.00. The van der Waals surface area contributed by atoms with Crippen LogP contribution in [0.2, 0.25) is 0 Å². The van der Waals surface area contributed by atoms with Crippen molar-refractivity contribution < 1.29 is 24.2 Å². The zero-order chi connectivity index (χ0) is 27.2. The monoisotopic (exact) mass is 521 g/mol. The second-order valence-corrected chi connectivity index (χ2v) is 10.7. The number of aliphatic hydroxyl groups excluding tert-OH is 1. The van der Waals surface area contributed by atoms with Crippen LogP contribution in [0.5, 0.6) is 11.5 Å². The quantitative estimate of drug-likeness (QED) is 0.550. The largest absolute Gasteiger partial charge is 0.491 e. The summed E-state index contributed by atoms with van der Waals surface area (Å²) >= 11 is 0. The predicted octanol–water partition coefficient (Wildman–Crippen LogP) is 3.01. The van der Waals surface area contributed by atoms with Gasteiger partial charge in [-0.25, -0.2) is 9.98 Å². The molecule has 202 valence electrons. The first kappa shape index (κ1) is 26.0. The molecular weight excluding hydrogens is 486 g/mol. The summed E-state index contributed by atoms with van der Waals surface area (Å²) in [7, 11) is 0. The highest BCUT2D eigenvalue weighted by Crippen LogP contribution is 2.41. The van der Waals surface area contributed by atoms with Crippen LogP contribution in [0.4, 0.5) is 0 Å². The highest BCUT2D eigenvalue weighted by Gasteiger charge is 2.45. The fraction of sp³-hybridized carbons (Fsp3) is 0.500. The Hall–Kier alpha value is -3.66. The number of hydrogen-bond acceptors (Lipinski definition) is 8. The van der Waals surface area contributed by atoms with Gasteiger partial charge in [0.05, 0.1) is 30.7 Å². The van der Waals surface area contributed by atoms with E-state index in [1.807, 2.05) is 38.1 Å². The summed E-state index contributed by atoms with van der Waals surface area (Å²) in [6.07, 6.45) is 1.18. The number of nitrogens with two attached hydrogens (primary N) is 1. The van der Waals surface area contributed by atoms with Crippen LogP contribution in [0.15, 0.2) is 41.4 Å². The second-order valence-electron chi connectivity index (χ2n) is 10.7. The molecule has 0 saturated heterocycles. The first-order valence-corrected chi connectivity index (χ1v) is 13.2. The van der Waals surface area contributed by atoms with Crippen LogP contribution in [0, 0.1) is 0 Å². The minimum Gasteiger partial charge on any atom is -0.491 e. The Balaban J connectivity index is 1.45. The molecule has 3 atom stereocenters. The van der Waals surface area contributed by atoms with Gasteiger partial charge in [-0.2, -0.15) is 0 Å². The topological polar surface area (TPSA) is 139 Å². The lowest BCUT2D eigenvalue weighted by Crippen LogP contribution is -2.54. The molecule has 0 saturated carbocycles. The van der Waals surface area contributed by atoms with E-state index in [0.717, 1.165) is 0 Å². The zero-order valence-corrected chi connectivity index (χ0v) is 22.2. The lowest BCUT2D eigenvalue weighted by atomic mass is 9.86. The first-order chi connectivity index (χ1) is 18.1. The predicted molar refractivity (Wildman–Crippen MR) is 141 cm³/mol. The van der Waals surface area contributed by atoms with Gasteiger partial charge < -0.3 is 25.6 Å². The Bertz CT molecular complexity index is 1290. The molecule has 0 unspecified atom stereocenters. The van der Waals surface area contributed by atoms with Gasteiger partial charge in [-0.05, 0) is 44.9 Å². The van der Waals surface area contributed by atoms with Gasteiger partial charge in [0.15, 0.2) is 5.96 Å². The number of amides is 2. The number of hydrogen-bond donors (Lipinski definition) is 3. The molecule has 0 fully saturated rings. The summed E-state index contributed by atoms with van der Waals surface area (Å²) < 4.78 is 11.8. The third-order valence-corrected chi connectivity index (χ3v) is 8.00. The second kappa shape index (κ2) is 9.58. The van der Waals surface area contributed by atoms with Crippen LogP contribution >= 0.6 is 0 Å². The van der Waals surface area contributed by atoms with Gasteiger partial charge in [0.1, 0.15) is 34.6 Å². The highest BCUT2D eigenvalue weighted by molar-refractivity contribution is 5.99. The number of benzene rings is 1. The van der Waals surface area contributed by atoms with Crippen LogP contribution in [-0.4, -0.2) is 56.6 Å². The molecule has 0 radical (unpaired) electrons. The molecule has 1 aromatic carbocycles. The van der Waals surface area contributed by atoms with Gasteiger partial charge in [-0.3, -0.25) is 14.5 Å². The number of guanidine groups is 1. The van der Waals surface area contributed by atoms with Crippen LogP contribution < -0.4 is 20.5 Å². The minimum absolute atomic E-state index is 0.111. The normalized spacial score (nSPS) is 25.3. The molecule has 3 aliphatic heterocycles. The number of aromatic nitrogens is 1. The number of aliphatic imine (C=N–C) groups is 1. The van der Waals surface area contributed by atoms with Crippen molar-refractivity contribution >= 4 is 17.8 Å². The molecule has 2 amide bonds. The smallest absolute Gasteiger partial charge is 0.270 e. The van der Waals surface area contributed by atoms with E-state index < -0.39 is 35.2 Å². The number of carbonyl (C=O) groups excluding carboxylic acids is 2. The van der Waals surface area contributed by atoms with E-state index >= 15 is 0 Å². The van der Waals surface area contributed by atoms with Crippen LogP contribution in [0.25, 0.3) is 0 Å². The Morgan fingerprint density at radius 3 is 2.63 bits per heavy atom. The Morgan fingerprint density at radius 1 is 1.18 bits per heavy atom. The fourth-order valence-corrected chi connectivity index (χ4v) is 5.56. The van der Waals surface area contributed by atoms with Crippen molar-refractivity contribution in [1.29, 1.82) is 0 Å². The van der Waals surface area contributed by atoms with Crippen LogP contribution in [0.3, 0.4) is 0 Å². The molecule has 10 nitrogen and oxygen atoms in total. The van der Waals surface area contributed by atoms with Crippen LogP contribution in [-0.2, 0) is 4.79 Å². The maximum atomic E-state index is 13.4. The lowest BCUT2D eigenvalue weighted by molar-refractivity contribution is -0.132. The molecule has 2 aromatic rings. The maximum absolute atomic E-state index is 13.4. The molecule has 0 spiro atoms. The van der Waals surface area contributed by atoms with E-state index in [0.29, 0.717) is 48.6 Å². The highest BCUT2D eigenvalue weighted by atomic mass is 16.5. The Labute approximate surface area is 222 Å². The average molecular weight is 522 g/mol. The number of carbonyl (C=O) groups is 2. The van der Waals surface area contributed by atoms with Crippen molar-refractivity contribution in [2.75, 3.05) is 6.61 Å². The minimum atomic E-state index is -0.991. The van der Waals surface area contributed by atoms with E-state index in [1.165, 1.54) is 4.90 Å². The van der Waals surface area contributed by atoms with Gasteiger partial charge in [-0.15, -0.1) is 0 Å². The standard InChI is InChI=1S/C28H35N5O5/c1-5-28(6-2)15-21(34)33(26(29)32-28)18-13-14-37-20-12-11-17(30-23(18)20)25(36)31-22-16-9-7-8-10-19(16)38-27(3,4)24(22)35/h7-12,18,22,24,35H,5-6,13-15H2,1-4H3,(H2,29,32)(H,31,36)/t18-,22-,24+/m1/s1. The van der Waals surface area contributed by atoms with Gasteiger partial charge >= 0.3 is 0 Å². The van der Waals surface area contributed by atoms with E-state index in [4.69, 9.17) is 20.2 Å². The summed E-state index contributed by atoms with van der Waals surface area (Å²) in [4.78, 5) is 37.6. The summed E-state index contributed by atoms with van der Waals surface area (Å²) in [5.41, 5.74) is 6.25. The SMILES string of the molecule is CCC1(CC)CC(=O)N([C@@H]2CCOc3ccc(C(=O)N[C@@H]4c5ccccc5OC(C)(C)[C@H]4O)nc32)C(N)=N1. The van der Waals surface area contributed by atoms with E-state index in [-0.39, 0.29) is 24.0 Å².